The van der Waals surface area contributed by atoms with Crippen molar-refractivity contribution >= 4 is 0 Å². The molecule has 1 unspecified atom stereocenters. The molecule has 0 fully saturated rings. The lowest BCUT2D eigenvalue weighted by Crippen LogP contribution is -2.45. The minimum Gasteiger partial charge on any atom is -0.271 e. The van der Waals surface area contributed by atoms with Crippen LogP contribution in [0.25, 0.3) is 0 Å². The molecule has 3 N–H and O–H groups in total. The highest BCUT2D eigenvalue weighted by molar-refractivity contribution is 5.06. The van der Waals surface area contributed by atoms with Gasteiger partial charge in [0.1, 0.15) is 0 Å². The van der Waals surface area contributed by atoms with Crippen molar-refractivity contribution in [2.45, 2.75) is 33.2 Å². The fourth-order valence-electron chi connectivity index (χ4n) is 1.34. The van der Waals surface area contributed by atoms with Gasteiger partial charge in [-0.2, -0.15) is 0 Å². The Labute approximate surface area is 85.7 Å². The third-order valence-electron chi connectivity index (χ3n) is 2.39. The summed E-state index contributed by atoms with van der Waals surface area (Å²) in [6.07, 6.45) is 2.67. The first-order valence-corrected chi connectivity index (χ1v) is 4.90. The van der Waals surface area contributed by atoms with Crippen LogP contribution in [0.5, 0.6) is 0 Å². The molecule has 0 saturated heterocycles. The van der Waals surface area contributed by atoms with Crippen molar-refractivity contribution in [3.8, 4) is 0 Å². The van der Waals surface area contributed by atoms with Crippen molar-refractivity contribution < 1.29 is 0 Å². The SMILES string of the molecule is CC(C)(C)C(Cc1ccccn1)NN. The molecule has 0 radical (unpaired) electrons. The van der Waals surface area contributed by atoms with Crippen LogP contribution in [0.3, 0.4) is 0 Å². The van der Waals surface area contributed by atoms with Crippen molar-refractivity contribution in [2.75, 3.05) is 0 Å². The maximum absolute atomic E-state index is 5.53. The zero-order valence-electron chi connectivity index (χ0n) is 9.12. The Morgan fingerprint density at radius 2 is 2.14 bits per heavy atom. The molecule has 78 valence electrons. The summed E-state index contributed by atoms with van der Waals surface area (Å²) < 4.78 is 0. The highest BCUT2D eigenvalue weighted by atomic mass is 15.2. The second-order valence-corrected chi connectivity index (χ2v) is 4.61. The average molecular weight is 193 g/mol. The van der Waals surface area contributed by atoms with E-state index >= 15 is 0 Å². The molecule has 1 aromatic rings. The van der Waals surface area contributed by atoms with Gasteiger partial charge >= 0.3 is 0 Å². The van der Waals surface area contributed by atoms with Gasteiger partial charge in [-0.25, -0.2) is 0 Å². The van der Waals surface area contributed by atoms with E-state index in [0.717, 1.165) is 12.1 Å². The first-order valence-electron chi connectivity index (χ1n) is 4.90. The van der Waals surface area contributed by atoms with Crippen molar-refractivity contribution in [2.24, 2.45) is 11.3 Å². The Balaban J connectivity index is 2.67. The topological polar surface area (TPSA) is 50.9 Å². The number of aromatic nitrogens is 1. The molecule has 0 amide bonds. The monoisotopic (exact) mass is 193 g/mol. The number of rotatable bonds is 3. The van der Waals surface area contributed by atoms with Gasteiger partial charge in [-0.3, -0.25) is 16.3 Å². The lowest BCUT2D eigenvalue weighted by atomic mass is 9.84. The molecule has 0 spiro atoms. The summed E-state index contributed by atoms with van der Waals surface area (Å²) in [6.45, 7) is 6.50. The van der Waals surface area contributed by atoms with E-state index in [2.05, 4.69) is 31.2 Å². The van der Waals surface area contributed by atoms with E-state index < -0.39 is 0 Å². The number of nitrogens with one attached hydrogen (secondary N) is 1. The van der Waals surface area contributed by atoms with Crippen molar-refractivity contribution in [3.63, 3.8) is 0 Å². The second kappa shape index (κ2) is 4.53. The van der Waals surface area contributed by atoms with Crippen LogP contribution in [-0.2, 0) is 6.42 Å². The maximum Gasteiger partial charge on any atom is 0.0419 e. The molecular weight excluding hydrogens is 174 g/mol. The highest BCUT2D eigenvalue weighted by Gasteiger charge is 2.23. The Morgan fingerprint density at radius 3 is 2.57 bits per heavy atom. The molecule has 0 aliphatic rings. The van der Waals surface area contributed by atoms with E-state index in [1.165, 1.54) is 0 Å². The summed E-state index contributed by atoms with van der Waals surface area (Å²) in [6, 6.07) is 6.19. The van der Waals surface area contributed by atoms with E-state index in [-0.39, 0.29) is 11.5 Å². The lowest BCUT2D eigenvalue weighted by Gasteiger charge is -2.29. The summed E-state index contributed by atoms with van der Waals surface area (Å²) in [5.41, 5.74) is 4.07. The average Bonchev–Trinajstić information content (AvgIpc) is 2.14. The fraction of sp³-hybridized carbons (Fsp3) is 0.545. The van der Waals surface area contributed by atoms with Gasteiger partial charge in [0.15, 0.2) is 0 Å². The second-order valence-electron chi connectivity index (χ2n) is 4.61. The molecule has 3 heteroatoms. The minimum atomic E-state index is 0.145. The maximum atomic E-state index is 5.53. The molecule has 0 aromatic carbocycles. The molecule has 14 heavy (non-hydrogen) atoms. The number of nitrogens with two attached hydrogens (primary N) is 1. The summed E-state index contributed by atoms with van der Waals surface area (Å²) in [5.74, 6) is 5.53. The van der Waals surface area contributed by atoms with E-state index in [9.17, 15) is 0 Å². The number of pyridine rings is 1. The molecule has 0 saturated carbocycles. The van der Waals surface area contributed by atoms with Crippen molar-refractivity contribution in [1.29, 1.82) is 0 Å². The fourth-order valence-corrected chi connectivity index (χ4v) is 1.34. The summed E-state index contributed by atoms with van der Waals surface area (Å²) in [5, 5.41) is 0. The van der Waals surface area contributed by atoms with Gasteiger partial charge < -0.3 is 0 Å². The summed E-state index contributed by atoms with van der Waals surface area (Å²) in [4.78, 5) is 4.28. The summed E-state index contributed by atoms with van der Waals surface area (Å²) in [7, 11) is 0. The number of hydrogen-bond donors (Lipinski definition) is 2. The normalized spacial score (nSPS) is 14.0. The molecule has 1 rings (SSSR count). The van der Waals surface area contributed by atoms with Gasteiger partial charge in [0.2, 0.25) is 0 Å². The van der Waals surface area contributed by atoms with Crippen LogP contribution >= 0.6 is 0 Å². The Morgan fingerprint density at radius 1 is 1.43 bits per heavy atom. The van der Waals surface area contributed by atoms with Gasteiger partial charge in [-0.15, -0.1) is 0 Å². The van der Waals surface area contributed by atoms with E-state index in [4.69, 9.17) is 5.84 Å². The van der Waals surface area contributed by atoms with Gasteiger partial charge in [-0.1, -0.05) is 26.8 Å². The standard InChI is InChI=1S/C11H19N3/c1-11(2,3)10(14-12)8-9-6-4-5-7-13-9/h4-7,10,14H,8,12H2,1-3H3. The van der Waals surface area contributed by atoms with E-state index in [0.29, 0.717) is 0 Å². The van der Waals surface area contributed by atoms with Crippen LogP contribution in [0, 0.1) is 5.41 Å². The molecule has 1 atom stereocenters. The Bertz CT molecular complexity index is 264. The first-order chi connectivity index (χ1) is 6.54. The molecule has 3 nitrogen and oxygen atoms in total. The minimum absolute atomic E-state index is 0.145. The van der Waals surface area contributed by atoms with Crippen molar-refractivity contribution in [3.05, 3.63) is 30.1 Å². The molecule has 1 heterocycles. The zero-order chi connectivity index (χ0) is 10.6. The molecule has 0 bridgehead atoms. The molecular formula is C11H19N3. The number of hydrazine groups is 1. The largest absolute Gasteiger partial charge is 0.271 e. The van der Waals surface area contributed by atoms with Crippen LogP contribution in [-0.4, -0.2) is 11.0 Å². The third kappa shape index (κ3) is 3.09. The first kappa shape index (κ1) is 11.1. The highest BCUT2D eigenvalue weighted by Crippen LogP contribution is 2.21. The Kier molecular flexibility index (Phi) is 3.61. The predicted octanol–water partition coefficient (Wildman–Crippen LogP) is 1.50. The molecule has 0 aliphatic heterocycles. The van der Waals surface area contributed by atoms with Crippen LogP contribution < -0.4 is 11.3 Å². The number of hydrogen-bond acceptors (Lipinski definition) is 3. The predicted molar refractivity (Wildman–Crippen MR) is 58.5 cm³/mol. The quantitative estimate of drug-likeness (QED) is 0.565. The van der Waals surface area contributed by atoms with Crippen molar-refractivity contribution in [1.82, 2.24) is 10.4 Å². The lowest BCUT2D eigenvalue weighted by molar-refractivity contribution is 0.267. The summed E-state index contributed by atoms with van der Waals surface area (Å²) >= 11 is 0. The van der Waals surface area contributed by atoms with Gasteiger partial charge in [0.25, 0.3) is 0 Å². The van der Waals surface area contributed by atoms with Crippen LogP contribution in [0.15, 0.2) is 24.4 Å². The van der Waals surface area contributed by atoms with Crippen LogP contribution in [0.1, 0.15) is 26.5 Å². The van der Waals surface area contributed by atoms with E-state index in [1.54, 1.807) is 0 Å². The van der Waals surface area contributed by atoms with Crippen LogP contribution in [0.4, 0.5) is 0 Å². The van der Waals surface area contributed by atoms with E-state index in [1.807, 2.05) is 24.4 Å². The third-order valence-corrected chi connectivity index (χ3v) is 2.39. The van der Waals surface area contributed by atoms with Gasteiger partial charge in [0.05, 0.1) is 0 Å². The van der Waals surface area contributed by atoms with Gasteiger partial charge in [0, 0.05) is 24.4 Å². The molecule has 0 aliphatic carbocycles. The molecule has 1 aromatic heterocycles. The van der Waals surface area contributed by atoms with Crippen LogP contribution in [0.2, 0.25) is 0 Å². The number of nitrogens with zero attached hydrogens (tertiary/aromatic N) is 1. The van der Waals surface area contributed by atoms with Gasteiger partial charge in [-0.05, 0) is 17.5 Å². The smallest absolute Gasteiger partial charge is 0.0419 e. The Hall–Kier alpha value is -0.930. The zero-order valence-corrected chi connectivity index (χ0v) is 9.12.